The highest BCUT2D eigenvalue weighted by Gasteiger charge is 2.33. The van der Waals surface area contributed by atoms with Crippen molar-refractivity contribution < 1.29 is 4.79 Å². The number of rotatable bonds is 2. The summed E-state index contributed by atoms with van der Waals surface area (Å²) in [5.41, 5.74) is 0.821. The number of carbonyl (C=O) groups excluding carboxylic acids is 1. The van der Waals surface area contributed by atoms with E-state index in [1.165, 1.54) is 25.7 Å². The molecule has 2 heterocycles. The lowest BCUT2D eigenvalue weighted by Gasteiger charge is -2.41. The number of fused-ring (bicyclic) bond motifs is 1. The van der Waals surface area contributed by atoms with Gasteiger partial charge in [0.1, 0.15) is 18.2 Å². The van der Waals surface area contributed by atoms with Crippen molar-refractivity contribution in [2.75, 3.05) is 13.1 Å². The Kier molecular flexibility index (Phi) is 4.70. The molecule has 0 N–H and O–H groups in total. The third kappa shape index (κ3) is 3.08. The van der Waals surface area contributed by atoms with Crippen LogP contribution in [0.15, 0.2) is 4.79 Å². The summed E-state index contributed by atoms with van der Waals surface area (Å²) in [6.45, 7) is 4.96. The Bertz CT molecular complexity index is 747. The average molecular weight is 328 g/mol. The molecule has 1 saturated carbocycles. The Labute approximate surface area is 142 Å². The van der Waals surface area contributed by atoms with Crippen LogP contribution in [0.25, 0.3) is 0 Å². The van der Waals surface area contributed by atoms with Gasteiger partial charge in [-0.1, -0.05) is 19.3 Å². The van der Waals surface area contributed by atoms with Gasteiger partial charge in [-0.15, -0.1) is 0 Å². The summed E-state index contributed by atoms with van der Waals surface area (Å²) in [6, 6.07) is 1.94. The minimum Gasteiger partial charge on any atom is -0.341 e. The van der Waals surface area contributed by atoms with Gasteiger partial charge in [-0.2, -0.15) is 10.4 Å². The predicted octanol–water partition coefficient (Wildman–Crippen LogP) is 1.77. The van der Waals surface area contributed by atoms with Crippen LogP contribution >= 0.6 is 0 Å². The zero-order chi connectivity index (χ0) is 17.3. The van der Waals surface area contributed by atoms with Crippen molar-refractivity contribution in [3.63, 3.8) is 0 Å². The van der Waals surface area contributed by atoms with E-state index >= 15 is 0 Å². The molecule has 0 bridgehead atoms. The van der Waals surface area contributed by atoms with Crippen molar-refractivity contribution in [3.05, 3.63) is 27.2 Å². The Balaban J connectivity index is 1.75. The summed E-state index contributed by atoms with van der Waals surface area (Å²) in [5, 5.41) is 13.4. The number of aryl methyl sites for hydroxylation is 1. The van der Waals surface area contributed by atoms with E-state index < -0.39 is 5.56 Å². The number of aromatic nitrogens is 2. The first-order chi connectivity index (χ1) is 11.5. The fourth-order valence-corrected chi connectivity index (χ4v) is 4.07. The molecule has 6 heteroatoms. The lowest BCUT2D eigenvalue weighted by Crippen LogP contribution is -2.47. The van der Waals surface area contributed by atoms with E-state index in [2.05, 4.69) is 5.10 Å². The molecular formula is C18H24N4O2. The van der Waals surface area contributed by atoms with Gasteiger partial charge < -0.3 is 4.90 Å². The quantitative estimate of drug-likeness (QED) is 0.829. The van der Waals surface area contributed by atoms with E-state index in [1.807, 2.05) is 11.0 Å². The van der Waals surface area contributed by atoms with Gasteiger partial charge in [0.2, 0.25) is 5.91 Å². The number of hydrogen-bond acceptors (Lipinski definition) is 4. The fraction of sp³-hybridized carbons (Fsp3) is 0.667. The molecule has 1 saturated heterocycles. The van der Waals surface area contributed by atoms with Gasteiger partial charge >= 0.3 is 0 Å². The molecular weight excluding hydrogens is 304 g/mol. The van der Waals surface area contributed by atoms with Crippen LogP contribution < -0.4 is 5.56 Å². The van der Waals surface area contributed by atoms with Crippen molar-refractivity contribution in [2.24, 2.45) is 11.8 Å². The molecule has 6 nitrogen and oxygen atoms in total. The second kappa shape index (κ2) is 6.76. The summed E-state index contributed by atoms with van der Waals surface area (Å²) < 4.78 is 1.15. The van der Waals surface area contributed by atoms with E-state index in [0.717, 1.165) is 30.1 Å². The molecule has 0 aromatic carbocycles. The maximum absolute atomic E-state index is 12.6. The van der Waals surface area contributed by atoms with Gasteiger partial charge in [0, 0.05) is 13.1 Å². The topological polar surface area (TPSA) is 79.0 Å². The molecule has 24 heavy (non-hydrogen) atoms. The smallest absolute Gasteiger partial charge is 0.285 e. The number of piperidine rings is 1. The summed E-state index contributed by atoms with van der Waals surface area (Å²) in [4.78, 5) is 26.8. The van der Waals surface area contributed by atoms with Crippen molar-refractivity contribution in [2.45, 2.75) is 52.5 Å². The Morgan fingerprint density at radius 1 is 1.25 bits per heavy atom. The molecule has 1 aromatic heterocycles. The Morgan fingerprint density at radius 2 is 1.96 bits per heavy atom. The highest BCUT2D eigenvalue weighted by molar-refractivity contribution is 5.76. The first-order valence-electron chi connectivity index (χ1n) is 8.77. The number of carbonyl (C=O) groups is 1. The first-order valence-corrected chi connectivity index (χ1v) is 8.77. The van der Waals surface area contributed by atoms with Crippen LogP contribution in [0.4, 0.5) is 0 Å². The molecule has 2 aliphatic rings. The maximum Gasteiger partial charge on any atom is 0.285 e. The van der Waals surface area contributed by atoms with E-state index in [-0.39, 0.29) is 18.0 Å². The predicted molar refractivity (Wildman–Crippen MR) is 89.3 cm³/mol. The highest BCUT2D eigenvalue weighted by atomic mass is 16.2. The highest BCUT2D eigenvalue weighted by Crippen LogP contribution is 2.36. The lowest BCUT2D eigenvalue weighted by molar-refractivity contribution is -0.135. The van der Waals surface area contributed by atoms with E-state index in [9.17, 15) is 14.9 Å². The molecule has 2 fully saturated rings. The summed E-state index contributed by atoms with van der Waals surface area (Å²) in [5.74, 6) is 1.30. The molecule has 1 aromatic rings. The van der Waals surface area contributed by atoms with Gasteiger partial charge in [0.15, 0.2) is 0 Å². The summed E-state index contributed by atoms with van der Waals surface area (Å²) >= 11 is 0. The van der Waals surface area contributed by atoms with E-state index in [1.54, 1.807) is 13.8 Å². The third-order valence-corrected chi connectivity index (χ3v) is 5.68. The van der Waals surface area contributed by atoms with Gasteiger partial charge in [-0.3, -0.25) is 9.59 Å². The standard InChI is InChI=1S/C18H24N4O2/c1-12-13(2)20-22(18(24)16(12)9-19)11-17(23)21-8-7-14-5-3-4-6-15(14)10-21/h14-15H,3-8,10-11H2,1-2H3/t14-,15-/m0/s1. The molecule has 1 amide bonds. The molecule has 2 atom stereocenters. The van der Waals surface area contributed by atoms with Crippen LogP contribution in [-0.4, -0.2) is 33.7 Å². The number of hydrogen-bond donors (Lipinski definition) is 0. The molecule has 3 rings (SSSR count). The average Bonchev–Trinajstić information content (AvgIpc) is 2.59. The van der Waals surface area contributed by atoms with E-state index in [0.29, 0.717) is 17.2 Å². The Hall–Kier alpha value is -2.16. The number of nitrogens with zero attached hydrogens (tertiary/aromatic N) is 4. The van der Waals surface area contributed by atoms with Crippen molar-refractivity contribution in [3.8, 4) is 6.07 Å². The van der Waals surface area contributed by atoms with Crippen LogP contribution in [0.2, 0.25) is 0 Å². The summed E-state index contributed by atoms with van der Waals surface area (Å²) in [6.07, 6.45) is 6.13. The molecule has 0 unspecified atom stereocenters. The molecule has 0 spiro atoms. The SMILES string of the molecule is Cc1nn(CC(=O)N2CC[C@@H]3CCCC[C@H]3C2)c(=O)c(C#N)c1C. The normalized spacial score (nSPS) is 23.5. The van der Waals surface area contributed by atoms with Gasteiger partial charge in [0.05, 0.1) is 5.69 Å². The molecule has 128 valence electrons. The third-order valence-electron chi connectivity index (χ3n) is 5.68. The van der Waals surface area contributed by atoms with Gasteiger partial charge in [-0.05, 0) is 44.1 Å². The van der Waals surface area contributed by atoms with Crippen LogP contribution in [-0.2, 0) is 11.3 Å². The second-order valence-electron chi connectivity index (χ2n) is 7.09. The second-order valence-corrected chi connectivity index (χ2v) is 7.09. The zero-order valence-corrected chi connectivity index (χ0v) is 14.4. The summed E-state index contributed by atoms with van der Waals surface area (Å²) in [7, 11) is 0. The van der Waals surface area contributed by atoms with Gasteiger partial charge in [0.25, 0.3) is 5.56 Å². The molecule has 1 aliphatic heterocycles. The van der Waals surface area contributed by atoms with Crippen LogP contribution in [0.5, 0.6) is 0 Å². The van der Waals surface area contributed by atoms with Crippen molar-refractivity contribution in [1.29, 1.82) is 5.26 Å². The van der Waals surface area contributed by atoms with Crippen molar-refractivity contribution in [1.82, 2.24) is 14.7 Å². The fourth-order valence-electron chi connectivity index (χ4n) is 4.07. The molecule has 1 aliphatic carbocycles. The van der Waals surface area contributed by atoms with Crippen molar-refractivity contribution >= 4 is 5.91 Å². The monoisotopic (exact) mass is 328 g/mol. The van der Waals surface area contributed by atoms with Crippen LogP contribution in [0.3, 0.4) is 0 Å². The minimum atomic E-state index is -0.471. The zero-order valence-electron chi connectivity index (χ0n) is 14.4. The number of likely N-dealkylation sites (tertiary alicyclic amines) is 1. The molecule has 0 radical (unpaired) electrons. The largest absolute Gasteiger partial charge is 0.341 e. The number of nitriles is 1. The Morgan fingerprint density at radius 3 is 2.67 bits per heavy atom. The van der Waals surface area contributed by atoms with Crippen LogP contribution in [0, 0.1) is 37.0 Å². The number of amides is 1. The minimum absolute atomic E-state index is 0.0687. The van der Waals surface area contributed by atoms with Gasteiger partial charge in [-0.25, -0.2) is 4.68 Å². The lowest BCUT2D eigenvalue weighted by atomic mass is 9.75. The maximum atomic E-state index is 12.6. The van der Waals surface area contributed by atoms with Crippen LogP contribution in [0.1, 0.15) is 48.9 Å². The first kappa shape index (κ1) is 16.7. The van der Waals surface area contributed by atoms with E-state index in [4.69, 9.17) is 0 Å².